The molecule has 1 heterocycles. The predicted molar refractivity (Wildman–Crippen MR) is 109 cm³/mol. The van der Waals surface area contributed by atoms with Gasteiger partial charge in [0.1, 0.15) is 0 Å². The molecule has 0 saturated heterocycles. The standard InChI is InChI=1S/C18H14ClIN2O3S/c19-15-9-13(5-8-16(15)20)22-26(23,24)14-6-3-11(4-7-14)17-10-21-18(25-17)12-1-2-12/h3-10,12,22H,1-2H2. The van der Waals surface area contributed by atoms with Crippen LogP contribution in [0.1, 0.15) is 24.7 Å². The van der Waals surface area contributed by atoms with E-state index in [0.29, 0.717) is 22.4 Å². The van der Waals surface area contributed by atoms with Crippen LogP contribution in [0.5, 0.6) is 0 Å². The first-order valence-electron chi connectivity index (χ1n) is 7.96. The summed E-state index contributed by atoms with van der Waals surface area (Å²) in [6, 6.07) is 11.5. The molecule has 5 nitrogen and oxygen atoms in total. The first kappa shape index (κ1) is 17.8. The van der Waals surface area contributed by atoms with Gasteiger partial charge >= 0.3 is 0 Å². The second-order valence-electron chi connectivity index (χ2n) is 6.10. The number of aromatic nitrogens is 1. The third-order valence-electron chi connectivity index (χ3n) is 4.07. The van der Waals surface area contributed by atoms with E-state index in [1.165, 1.54) is 0 Å². The number of oxazole rings is 1. The topological polar surface area (TPSA) is 72.2 Å². The molecule has 3 aromatic rings. The molecular formula is C18H14ClIN2O3S. The molecule has 0 spiro atoms. The number of benzene rings is 2. The fraction of sp³-hybridized carbons (Fsp3) is 0.167. The lowest BCUT2D eigenvalue weighted by atomic mass is 10.2. The Hall–Kier alpha value is -1.58. The Morgan fingerprint density at radius 3 is 2.54 bits per heavy atom. The summed E-state index contributed by atoms with van der Waals surface area (Å²) < 4.78 is 34.3. The van der Waals surface area contributed by atoms with Gasteiger partial charge in [-0.3, -0.25) is 4.72 Å². The van der Waals surface area contributed by atoms with Crippen LogP contribution in [0.3, 0.4) is 0 Å². The quantitative estimate of drug-likeness (QED) is 0.484. The van der Waals surface area contributed by atoms with E-state index in [-0.39, 0.29) is 4.90 Å². The van der Waals surface area contributed by atoms with Crippen LogP contribution in [0, 0.1) is 3.57 Å². The van der Waals surface area contributed by atoms with Gasteiger partial charge in [-0.15, -0.1) is 0 Å². The van der Waals surface area contributed by atoms with Gasteiger partial charge in [-0.1, -0.05) is 11.6 Å². The average Bonchev–Trinajstić information content (AvgIpc) is 3.35. The smallest absolute Gasteiger partial charge is 0.261 e. The lowest BCUT2D eigenvalue weighted by Crippen LogP contribution is -2.12. The Balaban J connectivity index is 1.55. The summed E-state index contributed by atoms with van der Waals surface area (Å²) >= 11 is 8.13. The van der Waals surface area contributed by atoms with Crippen LogP contribution in [0.25, 0.3) is 11.3 Å². The minimum absolute atomic E-state index is 0.165. The van der Waals surface area contributed by atoms with Gasteiger partial charge in [-0.2, -0.15) is 0 Å². The Bertz CT molecular complexity index is 1060. The molecular weight excluding hydrogens is 487 g/mol. The fourth-order valence-electron chi connectivity index (χ4n) is 2.51. The van der Waals surface area contributed by atoms with Crippen molar-refractivity contribution < 1.29 is 12.8 Å². The van der Waals surface area contributed by atoms with Gasteiger partial charge < -0.3 is 4.42 Å². The van der Waals surface area contributed by atoms with Gasteiger partial charge in [0, 0.05) is 15.1 Å². The summed E-state index contributed by atoms with van der Waals surface area (Å²) in [6.45, 7) is 0. The van der Waals surface area contributed by atoms with E-state index < -0.39 is 10.0 Å². The van der Waals surface area contributed by atoms with Crippen LogP contribution in [0.15, 0.2) is 58.0 Å². The van der Waals surface area contributed by atoms with Crippen LogP contribution in [0.4, 0.5) is 5.69 Å². The minimum atomic E-state index is -3.70. The average molecular weight is 501 g/mol. The molecule has 1 aliphatic carbocycles. The van der Waals surface area contributed by atoms with E-state index in [0.717, 1.165) is 27.9 Å². The zero-order chi connectivity index (χ0) is 18.3. The molecule has 0 radical (unpaired) electrons. The number of hydrogen-bond donors (Lipinski definition) is 1. The molecule has 134 valence electrons. The molecule has 26 heavy (non-hydrogen) atoms. The summed E-state index contributed by atoms with van der Waals surface area (Å²) in [5, 5.41) is 0.498. The van der Waals surface area contributed by atoms with Gasteiger partial charge in [0.15, 0.2) is 11.7 Å². The van der Waals surface area contributed by atoms with Crippen molar-refractivity contribution in [3.63, 3.8) is 0 Å². The molecule has 0 aliphatic heterocycles. The van der Waals surface area contributed by atoms with E-state index in [1.807, 2.05) is 0 Å². The van der Waals surface area contributed by atoms with Gasteiger partial charge in [-0.25, -0.2) is 13.4 Å². The molecule has 1 N–H and O–H groups in total. The number of anilines is 1. The number of nitrogens with one attached hydrogen (secondary N) is 1. The normalized spacial score (nSPS) is 14.4. The van der Waals surface area contributed by atoms with E-state index in [4.69, 9.17) is 16.0 Å². The lowest BCUT2D eigenvalue weighted by molar-refractivity contribution is 0.509. The van der Waals surface area contributed by atoms with E-state index in [9.17, 15) is 8.42 Å². The van der Waals surface area contributed by atoms with Crippen molar-refractivity contribution in [1.82, 2.24) is 4.98 Å². The number of hydrogen-bond acceptors (Lipinski definition) is 4. The number of rotatable bonds is 5. The van der Waals surface area contributed by atoms with Crippen LogP contribution >= 0.6 is 34.2 Å². The molecule has 1 saturated carbocycles. The number of sulfonamides is 1. The van der Waals surface area contributed by atoms with E-state index in [1.54, 1.807) is 48.7 Å². The highest BCUT2D eigenvalue weighted by atomic mass is 127. The molecule has 2 aromatic carbocycles. The van der Waals surface area contributed by atoms with Gasteiger partial charge in [0.25, 0.3) is 10.0 Å². The first-order chi connectivity index (χ1) is 12.4. The largest absolute Gasteiger partial charge is 0.440 e. The predicted octanol–water partition coefficient (Wildman–Crippen LogP) is 5.28. The lowest BCUT2D eigenvalue weighted by Gasteiger charge is -2.09. The first-order valence-corrected chi connectivity index (χ1v) is 10.9. The van der Waals surface area contributed by atoms with Gasteiger partial charge in [0.05, 0.1) is 21.8 Å². The zero-order valence-electron chi connectivity index (χ0n) is 13.4. The molecule has 8 heteroatoms. The summed E-state index contributed by atoms with van der Waals surface area (Å²) in [7, 11) is -3.70. The Morgan fingerprint density at radius 1 is 1.15 bits per heavy atom. The Kier molecular flexibility index (Phi) is 4.70. The van der Waals surface area contributed by atoms with Crippen molar-refractivity contribution in [2.45, 2.75) is 23.7 Å². The minimum Gasteiger partial charge on any atom is -0.440 e. The van der Waals surface area contributed by atoms with Crippen LogP contribution < -0.4 is 4.72 Å². The molecule has 1 fully saturated rings. The van der Waals surface area contributed by atoms with Gasteiger partial charge in [-0.05, 0) is 77.9 Å². The summed E-state index contributed by atoms with van der Waals surface area (Å²) in [5.74, 6) is 1.84. The van der Waals surface area contributed by atoms with Gasteiger partial charge in [0.2, 0.25) is 0 Å². The van der Waals surface area contributed by atoms with Crippen LogP contribution in [-0.4, -0.2) is 13.4 Å². The van der Waals surface area contributed by atoms with Crippen molar-refractivity contribution in [2.24, 2.45) is 0 Å². The monoisotopic (exact) mass is 500 g/mol. The number of nitrogens with zero attached hydrogens (tertiary/aromatic N) is 1. The van der Waals surface area contributed by atoms with Crippen LogP contribution in [-0.2, 0) is 10.0 Å². The summed E-state index contributed by atoms with van der Waals surface area (Å²) in [6.07, 6.45) is 3.92. The fourth-order valence-corrected chi connectivity index (χ4v) is 4.08. The highest BCUT2D eigenvalue weighted by molar-refractivity contribution is 14.1. The van der Waals surface area contributed by atoms with Crippen LogP contribution in [0.2, 0.25) is 5.02 Å². The Labute approximate surface area is 170 Å². The second kappa shape index (κ2) is 6.86. The molecule has 1 aliphatic rings. The molecule has 0 atom stereocenters. The van der Waals surface area contributed by atoms with Crippen molar-refractivity contribution in [3.05, 3.63) is 63.1 Å². The molecule has 0 bridgehead atoms. The second-order valence-corrected chi connectivity index (χ2v) is 9.35. The van der Waals surface area contributed by atoms with Crippen molar-refractivity contribution in [3.8, 4) is 11.3 Å². The maximum atomic E-state index is 12.6. The van der Waals surface area contributed by atoms with Crippen molar-refractivity contribution >= 4 is 49.9 Å². The van der Waals surface area contributed by atoms with Crippen molar-refractivity contribution in [2.75, 3.05) is 4.72 Å². The maximum absolute atomic E-state index is 12.6. The van der Waals surface area contributed by atoms with E-state index >= 15 is 0 Å². The van der Waals surface area contributed by atoms with E-state index in [2.05, 4.69) is 32.3 Å². The third-order valence-corrected chi connectivity index (χ3v) is 7.04. The maximum Gasteiger partial charge on any atom is 0.261 e. The summed E-state index contributed by atoms with van der Waals surface area (Å²) in [5.41, 5.74) is 1.21. The highest BCUT2D eigenvalue weighted by Crippen LogP contribution is 2.40. The van der Waals surface area contributed by atoms with Crippen molar-refractivity contribution in [1.29, 1.82) is 0 Å². The Morgan fingerprint density at radius 2 is 1.88 bits per heavy atom. The SMILES string of the molecule is O=S(=O)(Nc1ccc(I)c(Cl)c1)c1ccc(-c2cnc(C3CC3)o2)cc1. The molecule has 0 unspecified atom stereocenters. The number of halogens is 2. The third kappa shape index (κ3) is 3.74. The summed E-state index contributed by atoms with van der Waals surface area (Å²) in [4.78, 5) is 4.45. The zero-order valence-corrected chi connectivity index (χ0v) is 17.2. The molecule has 4 rings (SSSR count). The molecule has 0 amide bonds. The molecule has 1 aromatic heterocycles. The highest BCUT2D eigenvalue weighted by Gasteiger charge is 2.28.